The maximum atomic E-state index is 12.8. The fraction of sp³-hybridized carbons (Fsp3) is 0.867. The summed E-state index contributed by atoms with van der Waals surface area (Å²) in [6.07, 6.45) is 29.3. The van der Waals surface area contributed by atoms with E-state index < -0.39 is 71.2 Å². The van der Waals surface area contributed by atoms with Crippen molar-refractivity contribution < 1.29 is 56.8 Å². The topological polar surface area (TPSA) is 186 Å². The number of aliphatic hydroxyl groups is 3. The normalized spacial score (nSPS) is 20.6. The van der Waals surface area contributed by atoms with Crippen LogP contribution in [-0.2, 0) is 38.7 Å². The van der Waals surface area contributed by atoms with Crippen LogP contribution in [0, 0.1) is 0 Å². The Morgan fingerprint density at radius 3 is 1.55 bits per heavy atom. The second-order valence-corrected chi connectivity index (χ2v) is 17.6. The first-order chi connectivity index (χ1) is 28.0. The van der Waals surface area contributed by atoms with Gasteiger partial charge < -0.3 is 34.3 Å². The lowest BCUT2D eigenvalue weighted by Crippen LogP contribution is -2.60. The third kappa shape index (κ3) is 30.2. The molecule has 1 rings (SSSR count). The predicted octanol–water partition coefficient (Wildman–Crippen LogP) is 9.23. The summed E-state index contributed by atoms with van der Waals surface area (Å²) in [6.45, 7) is 3.73. The van der Waals surface area contributed by atoms with Gasteiger partial charge in [-0.3, -0.25) is 14.1 Å². The molecule has 4 N–H and O–H groups in total. The van der Waals surface area contributed by atoms with Gasteiger partial charge in [0.1, 0.15) is 36.8 Å². The molecule has 0 spiro atoms. The van der Waals surface area contributed by atoms with Crippen molar-refractivity contribution in [1.29, 1.82) is 0 Å². The molecule has 6 atom stereocenters. The van der Waals surface area contributed by atoms with Crippen LogP contribution in [0.3, 0.4) is 0 Å². The van der Waals surface area contributed by atoms with E-state index in [1.165, 1.54) is 89.9 Å². The van der Waals surface area contributed by atoms with E-state index in [9.17, 15) is 37.9 Å². The van der Waals surface area contributed by atoms with Crippen LogP contribution < -0.4 is 0 Å². The number of carbonyl (C=O) groups excluding carboxylic acids is 2. The molecule has 0 aliphatic carbocycles. The fourth-order valence-electron chi connectivity index (χ4n) is 6.94. The lowest BCUT2D eigenvalue weighted by atomic mass is 10.00. The first-order valence-electron chi connectivity index (χ1n) is 22.9. The third-order valence-electron chi connectivity index (χ3n) is 10.5. The molecule has 0 aromatic carbocycles. The summed E-state index contributed by atoms with van der Waals surface area (Å²) < 4.78 is 54.0. The number of ether oxygens (including phenoxy) is 4. The van der Waals surface area contributed by atoms with Crippen LogP contribution >= 0.6 is 0 Å². The Kier molecular flexibility index (Phi) is 33.5. The Morgan fingerprint density at radius 1 is 0.586 bits per heavy atom. The highest BCUT2D eigenvalue weighted by atomic mass is 32.2. The van der Waals surface area contributed by atoms with Crippen LogP contribution in [0.1, 0.15) is 194 Å². The molecule has 0 saturated carbocycles. The first-order valence-corrected chi connectivity index (χ1v) is 24.5. The van der Waals surface area contributed by atoms with Gasteiger partial charge in [-0.25, -0.2) is 0 Å². The van der Waals surface area contributed by atoms with Gasteiger partial charge >= 0.3 is 11.9 Å². The molecule has 0 bridgehead atoms. The SMILES string of the molecule is CCCCC/C=C/C/C=C/CCCCCCCC(=O)OC[C@H](CO[C@H]1O[C@H](CS(=O)(=O)O)[C@@H](O)C(O)C1O)OC(=O)CCCCCCCCCCCCCCCCC. The van der Waals surface area contributed by atoms with Crippen molar-refractivity contribution in [2.24, 2.45) is 0 Å². The van der Waals surface area contributed by atoms with E-state index in [1.807, 2.05) is 0 Å². The summed E-state index contributed by atoms with van der Waals surface area (Å²) in [6, 6.07) is 0. The average molecular weight is 847 g/mol. The number of carbonyl (C=O) groups is 2. The molecule has 0 aromatic heterocycles. The van der Waals surface area contributed by atoms with Gasteiger partial charge in [0, 0.05) is 12.8 Å². The summed E-state index contributed by atoms with van der Waals surface area (Å²) >= 11 is 0. The standard InChI is InChI=1S/C45H82O12S/c1-3-5-7-9-11-13-15-17-19-21-23-25-27-29-31-33-40(46)54-35-38(36-55-45-44(50)43(49)42(48)39(57-45)37-58(51,52)53)56-41(47)34-32-30-28-26-24-22-20-18-16-14-12-10-8-6-4-2/h11,13,17,19,38-39,42-45,48-50H,3-10,12,14-16,18,20-37H2,1-2H3,(H,51,52,53)/b13-11+,19-17+/t38-,39-,42-,43?,44?,45+/m1/s1. The number of esters is 2. The van der Waals surface area contributed by atoms with E-state index in [4.69, 9.17) is 18.9 Å². The first kappa shape index (κ1) is 54.1. The van der Waals surface area contributed by atoms with Crippen LogP contribution in [0.5, 0.6) is 0 Å². The lowest BCUT2D eigenvalue weighted by Gasteiger charge is -2.40. The van der Waals surface area contributed by atoms with Crippen molar-refractivity contribution in [3.05, 3.63) is 24.3 Å². The highest BCUT2D eigenvalue weighted by Crippen LogP contribution is 2.24. The van der Waals surface area contributed by atoms with Crippen LogP contribution in [-0.4, -0.2) is 96.0 Å². The van der Waals surface area contributed by atoms with Crippen molar-refractivity contribution in [1.82, 2.24) is 0 Å². The van der Waals surface area contributed by atoms with Gasteiger partial charge in [-0.05, 0) is 44.9 Å². The second kappa shape index (κ2) is 35.8. The smallest absolute Gasteiger partial charge is 0.306 e. The van der Waals surface area contributed by atoms with E-state index in [-0.39, 0.29) is 19.4 Å². The molecule has 12 nitrogen and oxygen atoms in total. The van der Waals surface area contributed by atoms with E-state index in [1.54, 1.807) is 0 Å². The Hall–Kier alpha value is -1.87. The van der Waals surface area contributed by atoms with Gasteiger partial charge in [-0.15, -0.1) is 0 Å². The number of hydrogen-bond acceptors (Lipinski definition) is 11. The number of hydrogen-bond donors (Lipinski definition) is 4. The molecule has 2 unspecified atom stereocenters. The van der Waals surface area contributed by atoms with Crippen molar-refractivity contribution in [3.63, 3.8) is 0 Å². The molecular formula is C45H82O12S. The summed E-state index contributed by atoms with van der Waals surface area (Å²) in [7, 11) is -4.60. The number of allylic oxidation sites excluding steroid dienone is 4. The monoisotopic (exact) mass is 847 g/mol. The van der Waals surface area contributed by atoms with E-state index in [0.717, 1.165) is 64.2 Å². The summed E-state index contributed by atoms with van der Waals surface area (Å²) in [5, 5.41) is 30.9. The van der Waals surface area contributed by atoms with Gasteiger partial charge in [-0.1, -0.05) is 160 Å². The maximum Gasteiger partial charge on any atom is 0.306 e. The zero-order valence-corrected chi connectivity index (χ0v) is 37.0. The minimum Gasteiger partial charge on any atom is -0.462 e. The molecule has 0 aromatic rings. The second-order valence-electron chi connectivity index (χ2n) is 16.1. The largest absolute Gasteiger partial charge is 0.462 e. The zero-order valence-electron chi connectivity index (χ0n) is 36.2. The van der Waals surface area contributed by atoms with Gasteiger partial charge in [0.2, 0.25) is 0 Å². The highest BCUT2D eigenvalue weighted by molar-refractivity contribution is 7.85. The number of unbranched alkanes of at least 4 members (excludes halogenated alkanes) is 22. The van der Waals surface area contributed by atoms with Crippen molar-refractivity contribution in [3.8, 4) is 0 Å². The van der Waals surface area contributed by atoms with Crippen LogP contribution in [0.2, 0.25) is 0 Å². The van der Waals surface area contributed by atoms with Crippen molar-refractivity contribution in [2.75, 3.05) is 19.0 Å². The van der Waals surface area contributed by atoms with Crippen LogP contribution in [0.15, 0.2) is 24.3 Å². The minimum absolute atomic E-state index is 0.165. The molecule has 0 amide bonds. The molecule has 340 valence electrons. The predicted molar refractivity (Wildman–Crippen MR) is 229 cm³/mol. The fourth-order valence-corrected chi connectivity index (χ4v) is 7.63. The maximum absolute atomic E-state index is 12.8. The van der Waals surface area contributed by atoms with E-state index in [2.05, 4.69) is 38.2 Å². The summed E-state index contributed by atoms with van der Waals surface area (Å²) in [4.78, 5) is 25.4. The van der Waals surface area contributed by atoms with Gasteiger partial charge in [-0.2, -0.15) is 8.42 Å². The molecule has 1 saturated heterocycles. The van der Waals surface area contributed by atoms with Gasteiger partial charge in [0.05, 0.1) is 6.61 Å². The molecule has 58 heavy (non-hydrogen) atoms. The minimum atomic E-state index is -4.60. The van der Waals surface area contributed by atoms with E-state index in [0.29, 0.717) is 12.8 Å². The van der Waals surface area contributed by atoms with Gasteiger partial charge in [0.15, 0.2) is 12.4 Å². The van der Waals surface area contributed by atoms with Crippen molar-refractivity contribution in [2.45, 2.75) is 230 Å². The molecule has 0 radical (unpaired) electrons. The van der Waals surface area contributed by atoms with Crippen molar-refractivity contribution >= 4 is 22.1 Å². The highest BCUT2D eigenvalue weighted by Gasteiger charge is 2.46. The lowest BCUT2D eigenvalue weighted by molar-refractivity contribution is -0.297. The third-order valence-corrected chi connectivity index (χ3v) is 11.3. The number of aliphatic hydroxyl groups excluding tert-OH is 3. The van der Waals surface area contributed by atoms with Crippen LogP contribution in [0.25, 0.3) is 0 Å². The Morgan fingerprint density at radius 2 is 1.03 bits per heavy atom. The van der Waals surface area contributed by atoms with Crippen LogP contribution in [0.4, 0.5) is 0 Å². The molecule has 1 aliphatic rings. The number of rotatable bonds is 38. The van der Waals surface area contributed by atoms with E-state index >= 15 is 0 Å². The molecule has 13 heteroatoms. The molecule has 1 heterocycles. The van der Waals surface area contributed by atoms with Gasteiger partial charge in [0.25, 0.3) is 10.1 Å². The zero-order chi connectivity index (χ0) is 42.7. The average Bonchev–Trinajstić information content (AvgIpc) is 3.18. The molecule has 1 fully saturated rings. The quantitative estimate of drug-likeness (QED) is 0.0200. The summed E-state index contributed by atoms with van der Waals surface area (Å²) in [5.74, 6) is -1.99. The Labute approximate surface area is 351 Å². The molecular weight excluding hydrogens is 765 g/mol. The molecule has 1 aliphatic heterocycles. The summed E-state index contributed by atoms with van der Waals surface area (Å²) in [5.41, 5.74) is 0. The Bertz CT molecular complexity index is 1180. The Balaban J connectivity index is 2.45.